The van der Waals surface area contributed by atoms with Gasteiger partial charge in [-0.25, -0.2) is 4.68 Å². The molecule has 0 radical (unpaired) electrons. The van der Waals surface area contributed by atoms with Crippen molar-refractivity contribution < 1.29 is 0 Å². The Morgan fingerprint density at radius 1 is 1.44 bits per heavy atom. The van der Waals surface area contributed by atoms with Crippen molar-refractivity contribution in [2.75, 3.05) is 5.73 Å². The van der Waals surface area contributed by atoms with E-state index in [-0.39, 0.29) is 5.95 Å². The van der Waals surface area contributed by atoms with Crippen LogP contribution in [-0.4, -0.2) is 24.5 Å². The van der Waals surface area contributed by atoms with E-state index < -0.39 is 0 Å². The Bertz CT molecular complexity index is 486. The number of nitrogen functional groups attached to an aromatic ring is 1. The lowest BCUT2D eigenvalue weighted by atomic mass is 10.4. The molecule has 0 bridgehead atoms. The fourth-order valence-electron chi connectivity index (χ4n) is 1.34. The quantitative estimate of drug-likeness (QED) is 0.926. The molecule has 2 N–H and O–H groups in total. The van der Waals surface area contributed by atoms with Gasteiger partial charge in [-0.05, 0) is 35.8 Å². The Morgan fingerprint density at radius 3 is 2.69 bits per heavy atom. The van der Waals surface area contributed by atoms with Crippen molar-refractivity contribution in [2.45, 2.75) is 26.4 Å². The Balaban J connectivity index is 2.17. The topological polar surface area (TPSA) is 74.5 Å². The Morgan fingerprint density at radius 2 is 2.19 bits per heavy atom. The molecule has 0 unspecified atom stereocenters. The first kappa shape index (κ1) is 11.1. The highest BCUT2D eigenvalue weighted by atomic mass is 79.9. The van der Waals surface area contributed by atoms with Gasteiger partial charge in [-0.1, -0.05) is 0 Å². The van der Waals surface area contributed by atoms with Crippen molar-refractivity contribution in [3.05, 3.63) is 22.7 Å². The minimum Gasteiger partial charge on any atom is -0.366 e. The number of hydrogen-bond donors (Lipinski definition) is 1. The van der Waals surface area contributed by atoms with Gasteiger partial charge >= 0.3 is 0 Å². The maximum Gasteiger partial charge on any atom is 0.240 e. The molecule has 0 atom stereocenters. The molecule has 0 saturated carbocycles. The first-order chi connectivity index (χ1) is 7.56. The Hall–Kier alpha value is -1.37. The van der Waals surface area contributed by atoms with E-state index >= 15 is 0 Å². The number of aromatic nitrogens is 5. The van der Waals surface area contributed by atoms with Crippen molar-refractivity contribution in [1.29, 1.82) is 0 Å². The van der Waals surface area contributed by atoms with Crippen molar-refractivity contribution >= 4 is 21.9 Å². The van der Waals surface area contributed by atoms with Gasteiger partial charge in [0.15, 0.2) is 4.73 Å². The van der Waals surface area contributed by atoms with Gasteiger partial charge in [-0.3, -0.25) is 4.68 Å². The second-order valence-electron chi connectivity index (χ2n) is 3.78. The van der Waals surface area contributed by atoms with Crippen LogP contribution in [0.3, 0.4) is 0 Å². The Labute approximate surface area is 102 Å². The lowest BCUT2D eigenvalue weighted by Gasteiger charge is -2.03. The number of nitrogens with two attached hydrogens (primary N) is 1. The second-order valence-corrected chi connectivity index (χ2v) is 4.49. The van der Waals surface area contributed by atoms with Crippen LogP contribution in [0.5, 0.6) is 0 Å². The van der Waals surface area contributed by atoms with Crippen LogP contribution in [0.15, 0.2) is 17.0 Å². The van der Waals surface area contributed by atoms with Crippen molar-refractivity contribution in [1.82, 2.24) is 24.5 Å². The first-order valence-corrected chi connectivity index (χ1v) is 5.75. The van der Waals surface area contributed by atoms with Crippen LogP contribution < -0.4 is 5.73 Å². The summed E-state index contributed by atoms with van der Waals surface area (Å²) < 4.78 is 4.19. The average Bonchev–Trinajstić information content (AvgIpc) is 2.75. The predicted octanol–water partition coefficient (Wildman–Crippen LogP) is 1.45. The van der Waals surface area contributed by atoms with Gasteiger partial charge in [0.1, 0.15) is 0 Å². The molecule has 6 nitrogen and oxygen atoms in total. The third-order valence-corrected chi connectivity index (χ3v) is 2.73. The first-order valence-electron chi connectivity index (χ1n) is 4.96. The van der Waals surface area contributed by atoms with Gasteiger partial charge in [0.25, 0.3) is 0 Å². The van der Waals surface area contributed by atoms with E-state index in [1.54, 1.807) is 4.68 Å². The van der Waals surface area contributed by atoms with Crippen molar-refractivity contribution in [3.63, 3.8) is 0 Å². The molecule has 0 spiro atoms. The average molecular weight is 285 g/mol. The molecule has 0 fully saturated rings. The molecule has 16 heavy (non-hydrogen) atoms. The monoisotopic (exact) mass is 284 g/mol. The molecule has 86 valence electrons. The van der Waals surface area contributed by atoms with Crippen molar-refractivity contribution in [2.24, 2.45) is 0 Å². The highest BCUT2D eigenvalue weighted by molar-refractivity contribution is 9.10. The van der Waals surface area contributed by atoms with Gasteiger partial charge in [0, 0.05) is 12.2 Å². The standard InChI is InChI=1S/C9H13BrN6/c1-6(2)15-4-3-7(13-15)5-16-8(10)12-9(11)14-16/h3-4,6H,5H2,1-2H3,(H2,11,14). The van der Waals surface area contributed by atoms with E-state index in [4.69, 9.17) is 5.73 Å². The van der Waals surface area contributed by atoms with Crippen LogP contribution in [-0.2, 0) is 6.54 Å². The van der Waals surface area contributed by atoms with Crippen LogP contribution in [0, 0.1) is 0 Å². The molecule has 2 heterocycles. The third kappa shape index (κ3) is 2.24. The van der Waals surface area contributed by atoms with E-state index in [1.165, 1.54) is 0 Å². The van der Waals surface area contributed by atoms with E-state index in [0.717, 1.165) is 5.69 Å². The SMILES string of the molecule is CC(C)n1ccc(Cn2nc(N)nc2Br)n1. The number of rotatable bonds is 3. The summed E-state index contributed by atoms with van der Waals surface area (Å²) in [4.78, 5) is 3.96. The highest BCUT2D eigenvalue weighted by Gasteiger charge is 2.08. The van der Waals surface area contributed by atoms with E-state index in [2.05, 4.69) is 45.0 Å². The van der Waals surface area contributed by atoms with Crippen LogP contribution in [0.1, 0.15) is 25.6 Å². The molecular weight excluding hydrogens is 272 g/mol. The number of nitrogens with zero attached hydrogens (tertiary/aromatic N) is 5. The molecule has 2 aromatic rings. The van der Waals surface area contributed by atoms with E-state index in [9.17, 15) is 0 Å². The molecule has 2 rings (SSSR count). The molecule has 0 aliphatic rings. The van der Waals surface area contributed by atoms with E-state index in [0.29, 0.717) is 17.3 Å². The second kappa shape index (κ2) is 4.25. The minimum absolute atomic E-state index is 0.259. The lowest BCUT2D eigenvalue weighted by molar-refractivity contribution is 0.520. The smallest absolute Gasteiger partial charge is 0.240 e. The number of hydrogen-bond acceptors (Lipinski definition) is 4. The van der Waals surface area contributed by atoms with Crippen molar-refractivity contribution in [3.8, 4) is 0 Å². The predicted molar refractivity (Wildman–Crippen MR) is 63.8 cm³/mol. The fourth-order valence-corrected chi connectivity index (χ4v) is 1.73. The summed E-state index contributed by atoms with van der Waals surface area (Å²) in [7, 11) is 0. The maximum absolute atomic E-state index is 5.49. The molecule has 0 aliphatic heterocycles. The highest BCUT2D eigenvalue weighted by Crippen LogP contribution is 2.11. The zero-order valence-corrected chi connectivity index (χ0v) is 10.7. The summed E-state index contributed by atoms with van der Waals surface area (Å²) in [6, 6.07) is 2.32. The van der Waals surface area contributed by atoms with Crippen LogP contribution in [0.2, 0.25) is 0 Å². The van der Waals surface area contributed by atoms with Gasteiger partial charge < -0.3 is 5.73 Å². The minimum atomic E-state index is 0.259. The zero-order valence-electron chi connectivity index (χ0n) is 9.13. The number of anilines is 1. The zero-order chi connectivity index (χ0) is 11.7. The van der Waals surface area contributed by atoms with E-state index in [1.807, 2.05) is 16.9 Å². The van der Waals surface area contributed by atoms with Gasteiger partial charge in [-0.15, -0.1) is 5.10 Å². The number of halogens is 1. The summed E-state index contributed by atoms with van der Waals surface area (Å²) in [6.45, 7) is 4.73. The lowest BCUT2D eigenvalue weighted by Crippen LogP contribution is -2.06. The van der Waals surface area contributed by atoms with Gasteiger partial charge in [0.05, 0.1) is 12.2 Å². The maximum atomic E-state index is 5.49. The van der Waals surface area contributed by atoms with Crippen LogP contribution in [0.25, 0.3) is 0 Å². The van der Waals surface area contributed by atoms with Gasteiger partial charge in [-0.2, -0.15) is 10.1 Å². The van der Waals surface area contributed by atoms with Crippen LogP contribution in [0.4, 0.5) is 5.95 Å². The molecule has 0 amide bonds. The Kier molecular flexibility index (Phi) is 2.95. The summed E-state index contributed by atoms with van der Waals surface area (Å²) in [5, 5.41) is 8.47. The molecular formula is C9H13BrN6. The molecule has 2 aromatic heterocycles. The summed E-state index contributed by atoms with van der Waals surface area (Å²) in [6.07, 6.45) is 1.95. The fraction of sp³-hybridized carbons (Fsp3) is 0.444. The molecule has 0 aromatic carbocycles. The largest absolute Gasteiger partial charge is 0.366 e. The summed E-state index contributed by atoms with van der Waals surface area (Å²) in [5.74, 6) is 0.259. The normalized spacial score (nSPS) is 11.2. The summed E-state index contributed by atoms with van der Waals surface area (Å²) >= 11 is 3.29. The third-order valence-electron chi connectivity index (χ3n) is 2.15. The molecule has 0 aliphatic carbocycles. The summed E-state index contributed by atoms with van der Waals surface area (Å²) in [5.41, 5.74) is 6.42. The van der Waals surface area contributed by atoms with Crippen LogP contribution >= 0.6 is 15.9 Å². The molecule has 7 heteroatoms. The van der Waals surface area contributed by atoms with Gasteiger partial charge in [0.2, 0.25) is 5.95 Å². The molecule has 0 saturated heterocycles.